The number of quaternary nitrogens is 1. The molecule has 2 aromatic carbocycles. The number of rotatable bonds is 20. The Balaban J connectivity index is 0.000000404. The maximum Gasteiger partial charge on any atom is 0.408 e. The van der Waals surface area contributed by atoms with Crippen molar-refractivity contribution in [3.05, 3.63) is 69.8 Å². The van der Waals surface area contributed by atoms with E-state index in [1.807, 2.05) is 0 Å². The van der Waals surface area contributed by atoms with Crippen molar-refractivity contribution in [1.82, 2.24) is 15.5 Å². The lowest BCUT2D eigenvalue weighted by Gasteiger charge is -2.45. The molecule has 0 bridgehead atoms. The highest BCUT2D eigenvalue weighted by Gasteiger charge is 2.62. The number of aliphatic carboxylic acids is 1. The zero-order valence-corrected chi connectivity index (χ0v) is 33.9. The van der Waals surface area contributed by atoms with Crippen molar-refractivity contribution in [2.24, 2.45) is 0 Å². The molecule has 3 amide bonds. The lowest BCUT2D eigenvalue weighted by molar-refractivity contribution is -0.929. The van der Waals surface area contributed by atoms with Crippen molar-refractivity contribution in [2.45, 2.75) is 128 Å². The summed E-state index contributed by atoms with van der Waals surface area (Å²) >= 11 is 1.22. The summed E-state index contributed by atoms with van der Waals surface area (Å²) in [6.07, 6.45) is 10.1. The number of hydrogen-bond donors (Lipinski definition) is 3. The summed E-state index contributed by atoms with van der Waals surface area (Å²) in [7, 11) is 0. The monoisotopic (exact) mass is 785 g/mol. The van der Waals surface area contributed by atoms with E-state index in [-0.39, 0.29) is 23.6 Å². The Morgan fingerprint density at radius 3 is 1.87 bits per heavy atom. The number of non-ortho nitro benzene ring substituents is 1. The van der Waals surface area contributed by atoms with Crippen LogP contribution in [0.5, 0.6) is 5.75 Å². The second-order valence-corrected chi connectivity index (χ2v) is 16.7. The van der Waals surface area contributed by atoms with Gasteiger partial charge in [0.25, 0.3) is 5.69 Å². The second kappa shape index (κ2) is 21.1. The maximum absolute atomic E-state index is 13.2. The Labute approximate surface area is 329 Å². The minimum absolute atomic E-state index is 0.0728. The fourth-order valence-corrected chi connectivity index (χ4v) is 8.62. The lowest BCUT2D eigenvalue weighted by Crippen LogP contribution is -2.72. The van der Waals surface area contributed by atoms with Gasteiger partial charge in [0.05, 0.1) is 43.1 Å². The van der Waals surface area contributed by atoms with Crippen LogP contribution in [0.25, 0.3) is 0 Å². The number of carbonyl (C=O) groups is 4. The zero-order valence-electron chi connectivity index (χ0n) is 33.1. The average Bonchev–Trinajstić information content (AvgIpc) is 3.42. The summed E-state index contributed by atoms with van der Waals surface area (Å²) in [6.45, 7) is 18.1. The summed E-state index contributed by atoms with van der Waals surface area (Å²) < 4.78 is 5.74. The van der Waals surface area contributed by atoms with Crippen molar-refractivity contribution in [3.8, 4) is 5.75 Å². The number of benzene rings is 2. The van der Waals surface area contributed by atoms with Gasteiger partial charge in [0.15, 0.2) is 0 Å². The molecule has 2 aromatic rings. The van der Waals surface area contributed by atoms with Gasteiger partial charge in [-0.25, -0.2) is 4.79 Å². The third-order valence-electron chi connectivity index (χ3n) is 10.2. The molecular formula is C40H59N5O9S. The van der Waals surface area contributed by atoms with Crippen LogP contribution in [0.4, 0.5) is 10.5 Å². The number of nitro benzene ring substituents is 1. The van der Waals surface area contributed by atoms with E-state index in [1.165, 1.54) is 147 Å². The van der Waals surface area contributed by atoms with Crippen molar-refractivity contribution in [1.29, 1.82) is 0 Å². The molecule has 3 N–H and O–H groups in total. The van der Waals surface area contributed by atoms with Gasteiger partial charge in [-0.2, -0.15) is 0 Å². The molecule has 55 heavy (non-hydrogen) atoms. The first-order chi connectivity index (χ1) is 26.1. The normalized spacial score (nSPS) is 18.9. The van der Waals surface area contributed by atoms with Gasteiger partial charge < -0.3 is 39.8 Å². The number of thioether (sulfide) groups is 1. The van der Waals surface area contributed by atoms with Gasteiger partial charge in [0.2, 0.25) is 11.8 Å². The van der Waals surface area contributed by atoms with Gasteiger partial charge in [-0.15, -0.1) is 11.8 Å². The Morgan fingerprint density at radius 2 is 1.42 bits per heavy atom. The summed E-state index contributed by atoms with van der Waals surface area (Å²) in [5.74, 6) is -2.80. The van der Waals surface area contributed by atoms with Crippen molar-refractivity contribution in [2.75, 3.05) is 26.2 Å². The zero-order chi connectivity index (χ0) is 40.8. The fraction of sp³-hybridized carbons (Fsp3) is 0.600. The number of unbranched alkanes of at least 4 members (excludes halogenated alkanes) is 4. The molecule has 15 heteroatoms. The van der Waals surface area contributed by atoms with Crippen LogP contribution in [-0.2, 0) is 25.7 Å². The van der Waals surface area contributed by atoms with Gasteiger partial charge >= 0.3 is 6.09 Å². The molecule has 2 aliphatic heterocycles. The Hall–Kier alpha value is -4.37. The number of nitro groups is 1. The van der Waals surface area contributed by atoms with Crippen LogP contribution in [0.2, 0.25) is 0 Å². The minimum atomic E-state index is -1.39. The number of amides is 3. The summed E-state index contributed by atoms with van der Waals surface area (Å²) in [4.78, 5) is 61.5. The average molecular weight is 786 g/mol. The van der Waals surface area contributed by atoms with Gasteiger partial charge in [-0.05, 0) is 74.9 Å². The smallest absolute Gasteiger partial charge is 0.408 e. The topological polar surface area (TPSA) is 191 Å². The first kappa shape index (κ1) is 45.0. The Morgan fingerprint density at radius 1 is 0.909 bits per heavy atom. The Kier molecular flexibility index (Phi) is 17.3. The molecule has 0 aromatic heterocycles. The van der Waals surface area contributed by atoms with Crippen LogP contribution < -0.4 is 15.7 Å². The van der Waals surface area contributed by atoms with Gasteiger partial charge in [-0.1, -0.05) is 65.5 Å². The summed E-state index contributed by atoms with van der Waals surface area (Å²) in [5, 5.41) is 36.4. The molecule has 2 aliphatic rings. The first-order valence-electron chi connectivity index (χ1n) is 19.4. The van der Waals surface area contributed by atoms with Crippen LogP contribution in [-0.4, -0.2) is 91.7 Å². The van der Waals surface area contributed by atoms with E-state index < -0.39 is 57.0 Å². The van der Waals surface area contributed by atoms with Gasteiger partial charge in [0, 0.05) is 16.9 Å². The van der Waals surface area contributed by atoms with E-state index in [0.717, 1.165) is 0 Å². The molecule has 2 saturated heterocycles. The third-order valence-corrected chi connectivity index (χ3v) is 11.7. The highest BCUT2D eigenvalue weighted by molar-refractivity contribution is 8.01. The van der Waals surface area contributed by atoms with Gasteiger partial charge in [0.1, 0.15) is 29.8 Å². The second-order valence-electron chi connectivity index (χ2n) is 14.9. The lowest BCUT2D eigenvalue weighted by atomic mass is 9.95. The SMILES string of the molecule is CC1(C)S[C@@H]2[C@H](NC(=O)C(NC(=O)OCc3ccc([N+](=O)[O-])cc3)c3ccc(O)cc3)C(=O)N2[C@H]1C(=O)[O-].CCCC[N+](CCCC)(CCCC)CCCC. The predicted octanol–water partition coefficient (Wildman–Crippen LogP) is 5.57. The molecule has 2 fully saturated rings. The van der Waals surface area contributed by atoms with E-state index >= 15 is 0 Å². The van der Waals surface area contributed by atoms with Crippen molar-refractivity contribution >= 4 is 41.3 Å². The van der Waals surface area contributed by atoms with E-state index in [2.05, 4.69) is 38.3 Å². The number of aromatic hydroxyl groups is 1. The van der Waals surface area contributed by atoms with E-state index in [9.17, 15) is 39.5 Å². The molecule has 0 radical (unpaired) electrons. The molecule has 4 rings (SSSR count). The van der Waals surface area contributed by atoms with E-state index in [0.29, 0.717) is 5.56 Å². The number of β-lactam (4-membered cyclic amide) rings is 1. The molecule has 0 aliphatic carbocycles. The first-order valence-corrected chi connectivity index (χ1v) is 20.3. The molecule has 0 spiro atoms. The summed E-state index contributed by atoms with van der Waals surface area (Å²) in [5.41, 5.74) is 0.629. The van der Waals surface area contributed by atoms with Gasteiger partial charge in [-0.3, -0.25) is 19.7 Å². The number of alkyl carbamates (subject to hydrolysis) is 1. The fourth-order valence-electron chi connectivity index (χ4n) is 7.00. The number of hydrogen-bond acceptors (Lipinski definition) is 10. The highest BCUT2D eigenvalue weighted by atomic mass is 32.2. The quantitative estimate of drug-likeness (QED) is 0.0662. The highest BCUT2D eigenvalue weighted by Crippen LogP contribution is 2.50. The summed E-state index contributed by atoms with van der Waals surface area (Å²) in [6, 6.07) is 7.31. The van der Waals surface area contributed by atoms with E-state index in [1.54, 1.807) is 13.8 Å². The Bertz CT molecular complexity index is 1550. The predicted molar refractivity (Wildman–Crippen MR) is 210 cm³/mol. The molecule has 14 nitrogen and oxygen atoms in total. The minimum Gasteiger partial charge on any atom is -0.548 e. The molecule has 304 valence electrons. The van der Waals surface area contributed by atoms with Crippen LogP contribution in [0.3, 0.4) is 0 Å². The van der Waals surface area contributed by atoms with Crippen LogP contribution >= 0.6 is 11.8 Å². The number of ether oxygens (including phenoxy) is 1. The number of carboxylic acid groups (broad SMARTS) is 1. The van der Waals surface area contributed by atoms with Crippen LogP contribution in [0, 0.1) is 10.1 Å². The number of carbonyl (C=O) groups excluding carboxylic acids is 4. The van der Waals surface area contributed by atoms with E-state index in [4.69, 9.17) is 4.74 Å². The van der Waals surface area contributed by atoms with Crippen molar-refractivity contribution in [3.63, 3.8) is 0 Å². The number of carboxylic acids is 1. The van der Waals surface area contributed by atoms with Crippen LogP contribution in [0.15, 0.2) is 48.5 Å². The molecule has 4 atom stereocenters. The number of nitrogens with zero attached hydrogens (tertiary/aromatic N) is 3. The van der Waals surface area contributed by atoms with Crippen LogP contribution in [0.1, 0.15) is 110 Å². The van der Waals surface area contributed by atoms with Crippen molar-refractivity contribution < 1.29 is 43.5 Å². The maximum atomic E-state index is 13.2. The molecule has 1 unspecified atom stereocenters. The molecular weight excluding hydrogens is 727 g/mol. The molecule has 2 heterocycles. The molecule has 0 saturated carbocycles. The number of phenolic OH excluding ortho intramolecular Hbond substituents is 1. The standard InChI is InChI=1S/C24H24N4O9S.C16H36N/c1-24(2)18(22(32)33)27-20(31)17(21(27)38-24)25-19(30)16(13-5-9-15(29)10-6-13)26-23(34)37-11-12-3-7-14(8-4-12)28(35)36;1-5-9-13-17(14-10-6-2,15-11-7-3)16-12-8-4/h3-10,16-18,21,29H,11H2,1-2H3,(H,25,30)(H,26,34)(H,32,33);5-16H2,1-4H3/q;+1/p-1/t16?,17-,18+,21-;/m1./s1. The number of phenols is 1. The number of fused-ring (bicyclic) bond motifs is 1. The third kappa shape index (κ3) is 12.3. The largest absolute Gasteiger partial charge is 0.548 e. The number of nitrogens with one attached hydrogen (secondary N) is 2.